The molecule has 1 fully saturated rings. The molecule has 0 spiro atoms. The van der Waals surface area contributed by atoms with Crippen LogP contribution in [0, 0.1) is 5.92 Å². The summed E-state index contributed by atoms with van der Waals surface area (Å²) in [5.74, 6) is 0.637. The van der Waals surface area contributed by atoms with Gasteiger partial charge in [-0.3, -0.25) is 0 Å². The Bertz CT molecular complexity index is 491. The van der Waals surface area contributed by atoms with Crippen LogP contribution in [0.1, 0.15) is 25.3 Å². The van der Waals surface area contributed by atoms with Crippen LogP contribution in [0.25, 0.3) is 10.2 Å². The van der Waals surface area contributed by atoms with E-state index in [-0.39, 0.29) is 5.41 Å². The highest BCUT2D eigenvalue weighted by molar-refractivity contribution is 7.18. The fourth-order valence-corrected chi connectivity index (χ4v) is 4.05. The van der Waals surface area contributed by atoms with Gasteiger partial charge in [-0.2, -0.15) is 0 Å². The maximum absolute atomic E-state index is 4.87. The Hall–Kier alpha value is -0.930. The molecule has 90 valence electrons. The number of nitrogens with one attached hydrogen (secondary N) is 1. The van der Waals surface area contributed by atoms with E-state index in [0.29, 0.717) is 5.92 Å². The number of benzene rings is 1. The molecule has 0 aliphatic carbocycles. The Labute approximate surface area is 106 Å². The summed E-state index contributed by atoms with van der Waals surface area (Å²) in [5.41, 5.74) is 1.41. The van der Waals surface area contributed by atoms with Crippen molar-refractivity contribution in [1.29, 1.82) is 0 Å². The van der Waals surface area contributed by atoms with E-state index in [1.807, 2.05) is 11.3 Å². The van der Waals surface area contributed by atoms with Crippen molar-refractivity contribution in [3.05, 3.63) is 29.3 Å². The van der Waals surface area contributed by atoms with Crippen LogP contribution in [-0.2, 0) is 5.41 Å². The summed E-state index contributed by atoms with van der Waals surface area (Å²) in [6, 6.07) is 8.46. The average molecular weight is 246 g/mol. The van der Waals surface area contributed by atoms with E-state index in [1.54, 1.807) is 0 Å². The summed E-state index contributed by atoms with van der Waals surface area (Å²) in [4.78, 5) is 4.87. The third-order valence-electron chi connectivity index (χ3n) is 4.01. The lowest BCUT2D eigenvalue weighted by molar-refractivity contribution is 0.336. The predicted octanol–water partition coefficient (Wildman–Crippen LogP) is 3.18. The first kappa shape index (κ1) is 11.2. The van der Waals surface area contributed by atoms with Crippen molar-refractivity contribution in [3.63, 3.8) is 0 Å². The summed E-state index contributed by atoms with van der Waals surface area (Å²) in [6.45, 7) is 6.83. The number of aromatic nitrogens is 1. The molecule has 0 saturated carbocycles. The Kier molecular flexibility index (Phi) is 2.68. The van der Waals surface area contributed by atoms with Crippen LogP contribution in [0.15, 0.2) is 24.3 Å². The van der Waals surface area contributed by atoms with Crippen molar-refractivity contribution in [3.8, 4) is 0 Å². The lowest BCUT2D eigenvalue weighted by Gasteiger charge is -2.30. The summed E-state index contributed by atoms with van der Waals surface area (Å²) < 4.78 is 1.31. The molecule has 3 heteroatoms. The van der Waals surface area contributed by atoms with Gasteiger partial charge in [-0.15, -0.1) is 11.3 Å². The van der Waals surface area contributed by atoms with E-state index in [4.69, 9.17) is 4.98 Å². The molecule has 2 nitrogen and oxygen atoms in total. The second-order valence-corrected chi connectivity index (χ2v) is 6.26. The molecular weight excluding hydrogens is 228 g/mol. The first-order valence-electron chi connectivity index (χ1n) is 6.29. The second-order valence-electron chi connectivity index (χ2n) is 5.22. The quantitative estimate of drug-likeness (QED) is 0.880. The molecule has 2 heterocycles. The predicted molar refractivity (Wildman–Crippen MR) is 73.6 cm³/mol. The zero-order chi connectivity index (χ0) is 11.9. The molecule has 0 amide bonds. The Morgan fingerprint density at radius 3 is 2.82 bits per heavy atom. The van der Waals surface area contributed by atoms with E-state index in [1.165, 1.54) is 16.1 Å². The molecule has 1 aliphatic rings. The van der Waals surface area contributed by atoms with Gasteiger partial charge in [0.15, 0.2) is 0 Å². The van der Waals surface area contributed by atoms with Gasteiger partial charge in [-0.1, -0.05) is 26.0 Å². The molecule has 1 saturated heterocycles. The van der Waals surface area contributed by atoms with E-state index in [2.05, 4.69) is 43.4 Å². The van der Waals surface area contributed by atoms with Crippen LogP contribution in [-0.4, -0.2) is 18.1 Å². The number of rotatable bonds is 2. The van der Waals surface area contributed by atoms with Gasteiger partial charge in [0.25, 0.3) is 0 Å². The number of nitrogens with zero attached hydrogens (tertiary/aromatic N) is 1. The molecule has 1 atom stereocenters. The van der Waals surface area contributed by atoms with Crippen LogP contribution in [0.5, 0.6) is 0 Å². The van der Waals surface area contributed by atoms with Gasteiger partial charge in [0.1, 0.15) is 5.01 Å². The number of hydrogen-bond donors (Lipinski definition) is 1. The highest BCUT2D eigenvalue weighted by Gasteiger charge is 2.41. The van der Waals surface area contributed by atoms with Crippen molar-refractivity contribution in [2.75, 3.05) is 13.1 Å². The molecule has 1 N–H and O–H groups in total. The lowest BCUT2D eigenvalue weighted by Crippen LogP contribution is -2.34. The molecule has 2 aromatic rings. The molecule has 1 aromatic heterocycles. The van der Waals surface area contributed by atoms with Gasteiger partial charge < -0.3 is 5.32 Å². The number of fused-ring (bicyclic) bond motifs is 1. The first-order chi connectivity index (χ1) is 8.22. The molecule has 0 radical (unpaired) electrons. The standard InChI is InChI=1S/C14H18N2S/c1-10(2)14(7-8-15-9-14)13-16-11-5-3-4-6-12(11)17-13/h3-6,10,15H,7-9H2,1-2H3. The van der Waals surface area contributed by atoms with Crippen molar-refractivity contribution < 1.29 is 0 Å². The van der Waals surface area contributed by atoms with Crippen LogP contribution in [0.3, 0.4) is 0 Å². The van der Waals surface area contributed by atoms with Crippen molar-refractivity contribution in [1.82, 2.24) is 10.3 Å². The van der Waals surface area contributed by atoms with Gasteiger partial charge in [0.05, 0.1) is 10.2 Å². The Morgan fingerprint density at radius 2 is 2.18 bits per heavy atom. The number of para-hydroxylation sites is 1. The van der Waals surface area contributed by atoms with Crippen LogP contribution < -0.4 is 5.32 Å². The summed E-state index contributed by atoms with van der Waals surface area (Å²) in [7, 11) is 0. The molecule has 1 aliphatic heterocycles. The topological polar surface area (TPSA) is 24.9 Å². The van der Waals surface area contributed by atoms with Crippen LogP contribution in [0.4, 0.5) is 0 Å². The molecule has 17 heavy (non-hydrogen) atoms. The highest BCUT2D eigenvalue weighted by Crippen LogP contribution is 2.41. The van der Waals surface area contributed by atoms with Crippen LogP contribution >= 0.6 is 11.3 Å². The van der Waals surface area contributed by atoms with Gasteiger partial charge >= 0.3 is 0 Å². The summed E-state index contributed by atoms with van der Waals surface area (Å²) >= 11 is 1.87. The minimum absolute atomic E-state index is 0.254. The largest absolute Gasteiger partial charge is 0.316 e. The zero-order valence-corrected chi connectivity index (χ0v) is 11.2. The molecular formula is C14H18N2S. The SMILES string of the molecule is CC(C)C1(c2nc3ccccc3s2)CCNC1. The maximum atomic E-state index is 4.87. The van der Waals surface area contributed by atoms with Crippen molar-refractivity contribution in [2.45, 2.75) is 25.7 Å². The number of hydrogen-bond acceptors (Lipinski definition) is 3. The smallest absolute Gasteiger partial charge is 0.102 e. The third kappa shape index (κ3) is 1.69. The van der Waals surface area contributed by atoms with Gasteiger partial charge in [0, 0.05) is 12.0 Å². The molecule has 1 unspecified atom stereocenters. The van der Waals surface area contributed by atoms with Gasteiger partial charge in [-0.05, 0) is 31.0 Å². The number of thiazole rings is 1. The van der Waals surface area contributed by atoms with E-state index >= 15 is 0 Å². The lowest BCUT2D eigenvalue weighted by atomic mass is 9.77. The zero-order valence-electron chi connectivity index (χ0n) is 10.4. The monoisotopic (exact) mass is 246 g/mol. The minimum Gasteiger partial charge on any atom is -0.316 e. The van der Waals surface area contributed by atoms with Crippen LogP contribution in [0.2, 0.25) is 0 Å². The van der Waals surface area contributed by atoms with Gasteiger partial charge in [-0.25, -0.2) is 4.98 Å². The summed E-state index contributed by atoms with van der Waals surface area (Å²) in [5, 5.41) is 4.82. The first-order valence-corrected chi connectivity index (χ1v) is 7.11. The van der Waals surface area contributed by atoms with E-state index < -0.39 is 0 Å². The average Bonchev–Trinajstić information content (AvgIpc) is 2.96. The van der Waals surface area contributed by atoms with E-state index in [9.17, 15) is 0 Å². The highest BCUT2D eigenvalue weighted by atomic mass is 32.1. The van der Waals surface area contributed by atoms with Gasteiger partial charge in [0.2, 0.25) is 0 Å². The third-order valence-corrected chi connectivity index (χ3v) is 5.27. The molecule has 3 rings (SSSR count). The molecule has 1 aromatic carbocycles. The normalized spacial score (nSPS) is 24.9. The van der Waals surface area contributed by atoms with Crippen molar-refractivity contribution >= 4 is 21.6 Å². The fourth-order valence-electron chi connectivity index (χ4n) is 2.72. The Balaban J connectivity index is 2.12. The second kappa shape index (κ2) is 4.07. The molecule has 0 bridgehead atoms. The Morgan fingerprint density at radius 1 is 1.35 bits per heavy atom. The minimum atomic E-state index is 0.254. The maximum Gasteiger partial charge on any atom is 0.102 e. The fraction of sp³-hybridized carbons (Fsp3) is 0.500. The van der Waals surface area contributed by atoms with Crippen molar-refractivity contribution in [2.24, 2.45) is 5.92 Å². The summed E-state index contributed by atoms with van der Waals surface area (Å²) in [6.07, 6.45) is 1.21. The van der Waals surface area contributed by atoms with E-state index in [0.717, 1.165) is 18.6 Å².